The quantitative estimate of drug-likeness (QED) is 0.904. The molecule has 0 saturated carbocycles. The van der Waals surface area contributed by atoms with Crippen LogP contribution in [0.15, 0.2) is 46.9 Å². The Labute approximate surface area is 134 Å². The first-order valence-corrected chi connectivity index (χ1v) is 7.59. The third-order valence-electron chi connectivity index (χ3n) is 3.33. The third kappa shape index (κ3) is 3.85. The molecule has 0 saturated heterocycles. The lowest BCUT2D eigenvalue weighted by atomic mass is 10.1. The molecule has 1 amide bonds. The van der Waals surface area contributed by atoms with Crippen molar-refractivity contribution in [1.82, 2.24) is 4.90 Å². The number of carbonyl (C=O) groups excluding carboxylic acids is 1. The summed E-state index contributed by atoms with van der Waals surface area (Å²) in [7, 11) is 3.65. The van der Waals surface area contributed by atoms with Crippen molar-refractivity contribution in [2.75, 3.05) is 19.4 Å². The first-order chi connectivity index (χ1) is 10.0. The second-order valence-electron chi connectivity index (χ2n) is 5.09. The van der Waals surface area contributed by atoms with Crippen molar-refractivity contribution >= 4 is 27.5 Å². The van der Waals surface area contributed by atoms with E-state index in [-0.39, 0.29) is 5.91 Å². The van der Waals surface area contributed by atoms with Gasteiger partial charge in [0.2, 0.25) is 0 Å². The lowest BCUT2D eigenvalue weighted by Crippen LogP contribution is -2.27. The summed E-state index contributed by atoms with van der Waals surface area (Å²) >= 11 is 3.45. The predicted octanol–water partition coefficient (Wildman–Crippen LogP) is 4.07. The van der Waals surface area contributed by atoms with E-state index in [0.29, 0.717) is 12.1 Å². The summed E-state index contributed by atoms with van der Waals surface area (Å²) in [5.74, 6) is 0.0167. The van der Waals surface area contributed by atoms with Gasteiger partial charge >= 0.3 is 0 Å². The molecule has 0 aliphatic rings. The van der Waals surface area contributed by atoms with Gasteiger partial charge in [-0.2, -0.15) is 0 Å². The van der Waals surface area contributed by atoms with Gasteiger partial charge in [0.15, 0.2) is 0 Å². The average molecular weight is 347 g/mol. The SMILES string of the molecule is CNc1ccc(C)cc1C(=O)N(C)Cc1cccc(Br)c1. The summed E-state index contributed by atoms with van der Waals surface area (Å²) in [5.41, 5.74) is 3.73. The number of halogens is 1. The number of amides is 1. The zero-order chi connectivity index (χ0) is 15.4. The van der Waals surface area contributed by atoms with Gasteiger partial charge in [0, 0.05) is 30.8 Å². The van der Waals surface area contributed by atoms with Crippen molar-refractivity contribution in [3.05, 3.63) is 63.6 Å². The number of hydrogen-bond acceptors (Lipinski definition) is 2. The van der Waals surface area contributed by atoms with Gasteiger partial charge in [-0.05, 0) is 36.8 Å². The minimum atomic E-state index is 0.0167. The van der Waals surface area contributed by atoms with Crippen molar-refractivity contribution in [3.63, 3.8) is 0 Å². The van der Waals surface area contributed by atoms with Gasteiger partial charge in [0.25, 0.3) is 5.91 Å². The van der Waals surface area contributed by atoms with E-state index >= 15 is 0 Å². The van der Waals surface area contributed by atoms with Crippen LogP contribution in [0.5, 0.6) is 0 Å². The van der Waals surface area contributed by atoms with Crippen molar-refractivity contribution in [3.8, 4) is 0 Å². The molecular formula is C17H19BrN2O. The van der Waals surface area contributed by atoms with E-state index < -0.39 is 0 Å². The van der Waals surface area contributed by atoms with Crippen molar-refractivity contribution in [2.45, 2.75) is 13.5 Å². The monoisotopic (exact) mass is 346 g/mol. The maximum Gasteiger partial charge on any atom is 0.256 e. The molecule has 0 unspecified atom stereocenters. The van der Waals surface area contributed by atoms with E-state index in [4.69, 9.17) is 0 Å². The molecule has 2 rings (SSSR count). The van der Waals surface area contributed by atoms with Gasteiger partial charge in [-0.25, -0.2) is 0 Å². The number of rotatable bonds is 4. The summed E-state index contributed by atoms with van der Waals surface area (Å²) in [4.78, 5) is 14.4. The number of benzene rings is 2. The Morgan fingerprint density at radius 1 is 1.24 bits per heavy atom. The molecule has 3 nitrogen and oxygen atoms in total. The number of hydrogen-bond donors (Lipinski definition) is 1. The molecule has 21 heavy (non-hydrogen) atoms. The van der Waals surface area contributed by atoms with Crippen LogP contribution in [0.25, 0.3) is 0 Å². The maximum atomic E-state index is 12.6. The maximum absolute atomic E-state index is 12.6. The van der Waals surface area contributed by atoms with Crippen LogP contribution < -0.4 is 5.32 Å². The lowest BCUT2D eigenvalue weighted by Gasteiger charge is -2.19. The van der Waals surface area contributed by atoms with Crippen molar-refractivity contribution < 1.29 is 4.79 Å². The van der Waals surface area contributed by atoms with E-state index in [0.717, 1.165) is 21.3 Å². The molecule has 0 heterocycles. The fraction of sp³-hybridized carbons (Fsp3) is 0.235. The standard InChI is InChI=1S/C17H19BrN2O/c1-12-7-8-16(19-2)15(9-12)17(21)20(3)11-13-5-4-6-14(18)10-13/h4-10,19H,11H2,1-3H3. The highest BCUT2D eigenvalue weighted by Gasteiger charge is 2.16. The summed E-state index contributed by atoms with van der Waals surface area (Å²) < 4.78 is 1.02. The van der Waals surface area contributed by atoms with Gasteiger partial charge < -0.3 is 10.2 Å². The molecule has 0 bridgehead atoms. The lowest BCUT2D eigenvalue weighted by molar-refractivity contribution is 0.0786. The summed E-state index contributed by atoms with van der Waals surface area (Å²) in [5, 5.41) is 3.08. The molecular weight excluding hydrogens is 328 g/mol. The first-order valence-electron chi connectivity index (χ1n) is 6.79. The van der Waals surface area contributed by atoms with Gasteiger partial charge in [-0.3, -0.25) is 4.79 Å². The molecule has 4 heteroatoms. The van der Waals surface area contributed by atoms with Crippen LogP contribution >= 0.6 is 15.9 Å². The molecule has 0 spiro atoms. The largest absolute Gasteiger partial charge is 0.387 e. The first kappa shape index (κ1) is 15.6. The highest BCUT2D eigenvalue weighted by molar-refractivity contribution is 9.10. The molecule has 1 N–H and O–H groups in total. The Kier molecular flexibility index (Phi) is 5.02. The summed E-state index contributed by atoms with van der Waals surface area (Å²) in [6.07, 6.45) is 0. The van der Waals surface area contributed by atoms with Gasteiger partial charge in [-0.15, -0.1) is 0 Å². The Bertz CT molecular complexity index is 655. The van der Waals surface area contributed by atoms with Gasteiger partial charge in [0.05, 0.1) is 5.56 Å². The number of nitrogens with one attached hydrogen (secondary N) is 1. The highest BCUT2D eigenvalue weighted by atomic mass is 79.9. The Balaban J connectivity index is 2.21. The second-order valence-corrected chi connectivity index (χ2v) is 6.01. The molecule has 0 radical (unpaired) electrons. The number of anilines is 1. The Morgan fingerprint density at radius 2 is 2.00 bits per heavy atom. The van der Waals surface area contributed by atoms with Crippen LogP contribution in [0.3, 0.4) is 0 Å². The van der Waals surface area contributed by atoms with Crippen molar-refractivity contribution in [1.29, 1.82) is 0 Å². The zero-order valence-electron chi connectivity index (χ0n) is 12.5. The van der Waals surface area contributed by atoms with E-state index in [9.17, 15) is 4.79 Å². The predicted molar refractivity (Wildman–Crippen MR) is 90.7 cm³/mol. The molecule has 2 aromatic carbocycles. The van der Waals surface area contributed by atoms with E-state index in [1.807, 2.05) is 63.5 Å². The summed E-state index contributed by atoms with van der Waals surface area (Å²) in [6, 6.07) is 13.9. The fourth-order valence-electron chi connectivity index (χ4n) is 2.24. The third-order valence-corrected chi connectivity index (χ3v) is 3.82. The molecule has 2 aromatic rings. The molecule has 0 aliphatic heterocycles. The number of nitrogens with zero attached hydrogens (tertiary/aromatic N) is 1. The van der Waals surface area contributed by atoms with E-state index in [2.05, 4.69) is 21.2 Å². The van der Waals surface area contributed by atoms with Crippen LogP contribution in [-0.2, 0) is 6.54 Å². The number of aryl methyl sites for hydroxylation is 1. The van der Waals surface area contributed by atoms with Crippen LogP contribution in [-0.4, -0.2) is 24.9 Å². The van der Waals surface area contributed by atoms with E-state index in [1.165, 1.54) is 0 Å². The highest BCUT2D eigenvalue weighted by Crippen LogP contribution is 2.20. The average Bonchev–Trinajstić information content (AvgIpc) is 2.46. The minimum Gasteiger partial charge on any atom is -0.387 e. The van der Waals surface area contributed by atoms with Crippen LogP contribution in [0.4, 0.5) is 5.69 Å². The molecule has 0 fully saturated rings. The van der Waals surface area contributed by atoms with Crippen LogP contribution in [0.1, 0.15) is 21.5 Å². The molecule has 0 aliphatic carbocycles. The second kappa shape index (κ2) is 6.76. The van der Waals surface area contributed by atoms with E-state index in [1.54, 1.807) is 4.90 Å². The molecule has 0 aromatic heterocycles. The van der Waals surface area contributed by atoms with Crippen LogP contribution in [0.2, 0.25) is 0 Å². The minimum absolute atomic E-state index is 0.0167. The number of carbonyl (C=O) groups is 1. The summed E-state index contributed by atoms with van der Waals surface area (Å²) in [6.45, 7) is 2.57. The Morgan fingerprint density at radius 3 is 2.67 bits per heavy atom. The van der Waals surface area contributed by atoms with Crippen molar-refractivity contribution in [2.24, 2.45) is 0 Å². The smallest absolute Gasteiger partial charge is 0.256 e. The van der Waals surface area contributed by atoms with Gasteiger partial charge in [-0.1, -0.05) is 39.7 Å². The molecule has 0 atom stereocenters. The fourth-order valence-corrected chi connectivity index (χ4v) is 2.69. The van der Waals surface area contributed by atoms with Crippen LogP contribution in [0, 0.1) is 6.92 Å². The normalized spacial score (nSPS) is 10.3. The molecule has 110 valence electrons. The topological polar surface area (TPSA) is 32.3 Å². The Hall–Kier alpha value is -1.81. The van der Waals surface area contributed by atoms with Gasteiger partial charge in [0.1, 0.15) is 0 Å². The zero-order valence-corrected chi connectivity index (χ0v) is 14.1.